The molecule has 0 amide bonds. The number of methoxy groups -OCH3 is 1. The van der Waals surface area contributed by atoms with Crippen molar-refractivity contribution in [2.75, 3.05) is 60.0 Å². The summed E-state index contributed by atoms with van der Waals surface area (Å²) in [6.45, 7) is 8.20. The summed E-state index contributed by atoms with van der Waals surface area (Å²) >= 11 is 0. The molecule has 1 unspecified atom stereocenters. The standard InChI is InChI=1S/C13H27N3O/c1-14-13(11-17-2)10-16-7-5-15(6-8-16)9-12-3-4-12/h12-14H,3-11H2,1-2H3. The van der Waals surface area contributed by atoms with Crippen molar-refractivity contribution >= 4 is 0 Å². The first kappa shape index (κ1) is 13.3. The van der Waals surface area contributed by atoms with E-state index in [2.05, 4.69) is 15.1 Å². The van der Waals surface area contributed by atoms with Crippen LogP contribution in [-0.4, -0.2) is 75.9 Å². The van der Waals surface area contributed by atoms with Gasteiger partial charge in [0.1, 0.15) is 0 Å². The van der Waals surface area contributed by atoms with Gasteiger partial charge in [-0.3, -0.25) is 4.90 Å². The van der Waals surface area contributed by atoms with Crippen LogP contribution < -0.4 is 5.32 Å². The minimum Gasteiger partial charge on any atom is -0.383 e. The van der Waals surface area contributed by atoms with Crippen LogP contribution >= 0.6 is 0 Å². The van der Waals surface area contributed by atoms with Gasteiger partial charge in [-0.2, -0.15) is 0 Å². The Balaban J connectivity index is 1.63. The molecule has 4 heteroatoms. The lowest BCUT2D eigenvalue weighted by Gasteiger charge is -2.36. The van der Waals surface area contributed by atoms with E-state index in [1.165, 1.54) is 45.6 Å². The Morgan fingerprint density at radius 3 is 2.35 bits per heavy atom. The third kappa shape index (κ3) is 4.54. The molecule has 1 saturated carbocycles. The van der Waals surface area contributed by atoms with E-state index in [0.717, 1.165) is 19.1 Å². The monoisotopic (exact) mass is 241 g/mol. The van der Waals surface area contributed by atoms with Crippen LogP contribution in [0.3, 0.4) is 0 Å². The van der Waals surface area contributed by atoms with E-state index in [1.54, 1.807) is 7.11 Å². The zero-order valence-corrected chi connectivity index (χ0v) is 11.3. The summed E-state index contributed by atoms with van der Waals surface area (Å²) in [7, 11) is 3.80. The van der Waals surface area contributed by atoms with Crippen LogP contribution in [0, 0.1) is 5.92 Å². The summed E-state index contributed by atoms with van der Waals surface area (Å²) in [6, 6.07) is 0.468. The predicted molar refractivity (Wildman–Crippen MR) is 70.3 cm³/mol. The smallest absolute Gasteiger partial charge is 0.0628 e. The molecule has 0 bridgehead atoms. The van der Waals surface area contributed by atoms with Gasteiger partial charge in [-0.1, -0.05) is 0 Å². The maximum absolute atomic E-state index is 5.22. The maximum atomic E-state index is 5.22. The first-order chi connectivity index (χ1) is 8.31. The van der Waals surface area contributed by atoms with E-state index in [-0.39, 0.29) is 0 Å². The van der Waals surface area contributed by atoms with Gasteiger partial charge in [0.25, 0.3) is 0 Å². The van der Waals surface area contributed by atoms with Crippen LogP contribution in [0.15, 0.2) is 0 Å². The van der Waals surface area contributed by atoms with Crippen LogP contribution in [0.4, 0.5) is 0 Å². The SMILES string of the molecule is CNC(COC)CN1CCN(CC2CC2)CC1. The fourth-order valence-corrected chi connectivity index (χ4v) is 2.56. The van der Waals surface area contributed by atoms with E-state index < -0.39 is 0 Å². The second-order valence-electron chi connectivity index (χ2n) is 5.49. The lowest BCUT2D eigenvalue weighted by Crippen LogP contribution is -2.51. The Bertz CT molecular complexity index is 213. The fourth-order valence-electron chi connectivity index (χ4n) is 2.56. The summed E-state index contributed by atoms with van der Waals surface area (Å²) in [5.41, 5.74) is 0. The summed E-state index contributed by atoms with van der Waals surface area (Å²) < 4.78 is 5.22. The second kappa shape index (κ2) is 6.69. The van der Waals surface area contributed by atoms with Gasteiger partial charge in [-0.25, -0.2) is 0 Å². The van der Waals surface area contributed by atoms with E-state index >= 15 is 0 Å². The molecule has 1 saturated heterocycles. The molecule has 2 fully saturated rings. The van der Waals surface area contributed by atoms with Crippen LogP contribution in [0.5, 0.6) is 0 Å². The second-order valence-corrected chi connectivity index (χ2v) is 5.49. The highest BCUT2D eigenvalue weighted by atomic mass is 16.5. The zero-order chi connectivity index (χ0) is 12.1. The van der Waals surface area contributed by atoms with E-state index in [9.17, 15) is 0 Å². The topological polar surface area (TPSA) is 27.7 Å². The van der Waals surface area contributed by atoms with E-state index in [4.69, 9.17) is 4.74 Å². The summed E-state index contributed by atoms with van der Waals surface area (Å²) in [5.74, 6) is 1.03. The molecule has 2 aliphatic rings. The number of ether oxygens (including phenoxy) is 1. The normalized spacial score (nSPS) is 25.1. The van der Waals surface area contributed by atoms with Crippen molar-refractivity contribution in [1.82, 2.24) is 15.1 Å². The number of rotatable bonds is 7. The summed E-state index contributed by atoms with van der Waals surface area (Å²) in [6.07, 6.45) is 2.94. The molecule has 4 nitrogen and oxygen atoms in total. The van der Waals surface area contributed by atoms with Gasteiger partial charge in [0, 0.05) is 52.4 Å². The maximum Gasteiger partial charge on any atom is 0.0628 e. The summed E-state index contributed by atoms with van der Waals surface area (Å²) in [4.78, 5) is 5.20. The first-order valence-corrected chi connectivity index (χ1v) is 6.92. The molecule has 100 valence electrons. The molecule has 1 heterocycles. The Kier molecular flexibility index (Phi) is 5.22. The lowest BCUT2D eigenvalue weighted by molar-refractivity contribution is 0.0979. The number of likely N-dealkylation sites (N-methyl/N-ethyl adjacent to an activating group) is 1. The van der Waals surface area contributed by atoms with Crippen molar-refractivity contribution in [3.8, 4) is 0 Å². The number of piperazine rings is 1. The van der Waals surface area contributed by atoms with Gasteiger partial charge in [0.2, 0.25) is 0 Å². The molecule has 0 aromatic heterocycles. The third-order valence-corrected chi connectivity index (χ3v) is 3.93. The molecule has 0 radical (unpaired) electrons. The van der Waals surface area contributed by atoms with Gasteiger partial charge in [0.05, 0.1) is 6.61 Å². The van der Waals surface area contributed by atoms with E-state index in [1.807, 2.05) is 7.05 Å². The Labute approximate surface area is 105 Å². The minimum atomic E-state index is 0.468. The van der Waals surface area contributed by atoms with Crippen molar-refractivity contribution in [3.63, 3.8) is 0 Å². The molecule has 0 aromatic carbocycles. The van der Waals surface area contributed by atoms with Crippen LogP contribution in [-0.2, 0) is 4.74 Å². The van der Waals surface area contributed by atoms with E-state index in [0.29, 0.717) is 6.04 Å². The fraction of sp³-hybridized carbons (Fsp3) is 1.00. The third-order valence-electron chi connectivity index (χ3n) is 3.93. The lowest BCUT2D eigenvalue weighted by atomic mass is 10.2. The molecule has 0 aromatic rings. The molecule has 1 aliphatic carbocycles. The molecule has 17 heavy (non-hydrogen) atoms. The van der Waals surface area contributed by atoms with Crippen molar-refractivity contribution in [3.05, 3.63) is 0 Å². The van der Waals surface area contributed by atoms with Gasteiger partial charge < -0.3 is 15.0 Å². The van der Waals surface area contributed by atoms with Crippen molar-refractivity contribution in [1.29, 1.82) is 0 Å². The van der Waals surface area contributed by atoms with Crippen molar-refractivity contribution in [2.45, 2.75) is 18.9 Å². The molecule has 0 spiro atoms. The molecular formula is C13H27N3O. The van der Waals surface area contributed by atoms with Gasteiger partial charge >= 0.3 is 0 Å². The van der Waals surface area contributed by atoms with Gasteiger partial charge in [0.15, 0.2) is 0 Å². The predicted octanol–water partition coefficient (Wildman–Crippen LogP) is 0.248. The first-order valence-electron chi connectivity index (χ1n) is 6.92. The van der Waals surface area contributed by atoms with Crippen molar-refractivity contribution in [2.24, 2.45) is 5.92 Å². The largest absolute Gasteiger partial charge is 0.383 e. The number of hydrogen-bond donors (Lipinski definition) is 1. The molecule has 1 N–H and O–H groups in total. The Morgan fingerprint density at radius 2 is 1.82 bits per heavy atom. The highest BCUT2D eigenvalue weighted by Gasteiger charge is 2.26. The zero-order valence-electron chi connectivity index (χ0n) is 11.3. The Hall–Kier alpha value is -0.160. The van der Waals surface area contributed by atoms with Gasteiger partial charge in [-0.05, 0) is 25.8 Å². The van der Waals surface area contributed by atoms with Gasteiger partial charge in [-0.15, -0.1) is 0 Å². The quantitative estimate of drug-likeness (QED) is 0.691. The highest BCUT2D eigenvalue weighted by molar-refractivity contribution is 4.81. The molecule has 1 aliphatic heterocycles. The molecule has 2 rings (SSSR count). The van der Waals surface area contributed by atoms with Crippen LogP contribution in [0.2, 0.25) is 0 Å². The van der Waals surface area contributed by atoms with Crippen molar-refractivity contribution < 1.29 is 4.74 Å². The molecular weight excluding hydrogens is 214 g/mol. The number of nitrogens with zero attached hydrogens (tertiary/aromatic N) is 2. The Morgan fingerprint density at radius 1 is 1.18 bits per heavy atom. The number of hydrogen-bond acceptors (Lipinski definition) is 4. The van der Waals surface area contributed by atoms with Crippen LogP contribution in [0.25, 0.3) is 0 Å². The van der Waals surface area contributed by atoms with Crippen LogP contribution in [0.1, 0.15) is 12.8 Å². The molecule has 1 atom stereocenters. The average Bonchev–Trinajstić information content (AvgIpc) is 3.15. The minimum absolute atomic E-state index is 0.468. The number of nitrogens with one attached hydrogen (secondary N) is 1. The summed E-state index contributed by atoms with van der Waals surface area (Å²) in [5, 5.41) is 3.32. The highest BCUT2D eigenvalue weighted by Crippen LogP contribution is 2.29. The average molecular weight is 241 g/mol.